The molecule has 5 nitrogen and oxygen atoms in total. The maximum atomic E-state index is 13.0. The van der Waals surface area contributed by atoms with Gasteiger partial charge in [0.2, 0.25) is 0 Å². The minimum absolute atomic E-state index is 0.174. The van der Waals surface area contributed by atoms with Crippen molar-refractivity contribution in [3.05, 3.63) is 29.6 Å². The molecule has 1 amide bonds. The highest BCUT2D eigenvalue weighted by atomic mass is 19.3. The maximum absolute atomic E-state index is 13.0. The van der Waals surface area contributed by atoms with E-state index in [4.69, 9.17) is 5.11 Å². The molecule has 0 aliphatic rings. The van der Waals surface area contributed by atoms with Gasteiger partial charge in [0.1, 0.15) is 17.6 Å². The summed E-state index contributed by atoms with van der Waals surface area (Å²) in [5.74, 6) is -3.68. The number of carbonyl (C=O) groups is 2. The van der Waals surface area contributed by atoms with Gasteiger partial charge >= 0.3 is 12.6 Å². The van der Waals surface area contributed by atoms with Crippen LogP contribution in [0.25, 0.3) is 0 Å². The molecule has 21 heavy (non-hydrogen) atoms. The Labute approximate surface area is 118 Å². The van der Waals surface area contributed by atoms with Gasteiger partial charge in [-0.2, -0.15) is 8.78 Å². The van der Waals surface area contributed by atoms with Crippen molar-refractivity contribution in [1.29, 1.82) is 0 Å². The molecule has 0 saturated carbocycles. The van der Waals surface area contributed by atoms with Crippen molar-refractivity contribution >= 4 is 11.9 Å². The molecule has 0 spiro atoms. The Morgan fingerprint density at radius 2 is 2.05 bits per heavy atom. The van der Waals surface area contributed by atoms with Gasteiger partial charge in [0.15, 0.2) is 0 Å². The van der Waals surface area contributed by atoms with Crippen LogP contribution < -0.4 is 10.1 Å². The SMILES string of the molecule is CCCC(NC(=O)c1ccc(F)cc1OC(F)F)C(=O)O. The summed E-state index contributed by atoms with van der Waals surface area (Å²) < 4.78 is 41.6. The van der Waals surface area contributed by atoms with Crippen LogP contribution in [-0.4, -0.2) is 29.6 Å². The average Bonchev–Trinajstić information content (AvgIpc) is 2.37. The Kier molecular flexibility index (Phi) is 6.01. The van der Waals surface area contributed by atoms with Crippen LogP contribution in [0.4, 0.5) is 13.2 Å². The van der Waals surface area contributed by atoms with E-state index in [0.717, 1.165) is 12.1 Å². The highest BCUT2D eigenvalue weighted by molar-refractivity contribution is 5.98. The Morgan fingerprint density at radius 1 is 1.38 bits per heavy atom. The van der Waals surface area contributed by atoms with Gasteiger partial charge in [0, 0.05) is 6.07 Å². The first-order valence-corrected chi connectivity index (χ1v) is 6.13. The lowest BCUT2D eigenvalue weighted by Gasteiger charge is -2.15. The normalized spacial score (nSPS) is 12.0. The van der Waals surface area contributed by atoms with E-state index in [0.29, 0.717) is 12.5 Å². The number of hydrogen-bond donors (Lipinski definition) is 2. The molecule has 0 aromatic heterocycles. The van der Waals surface area contributed by atoms with Crippen molar-refractivity contribution in [2.24, 2.45) is 0 Å². The molecular formula is C13H14F3NO4. The number of rotatable bonds is 7. The zero-order valence-electron chi connectivity index (χ0n) is 11.1. The molecule has 0 heterocycles. The van der Waals surface area contributed by atoms with Gasteiger partial charge in [-0.3, -0.25) is 4.79 Å². The lowest BCUT2D eigenvalue weighted by molar-refractivity contribution is -0.139. The topological polar surface area (TPSA) is 75.6 Å². The van der Waals surface area contributed by atoms with Crippen molar-refractivity contribution in [3.63, 3.8) is 0 Å². The van der Waals surface area contributed by atoms with Crippen LogP contribution in [0.1, 0.15) is 30.1 Å². The Balaban J connectivity index is 2.97. The summed E-state index contributed by atoms with van der Waals surface area (Å²) in [6.45, 7) is -1.50. The second-order valence-corrected chi connectivity index (χ2v) is 4.17. The number of hydrogen-bond acceptors (Lipinski definition) is 3. The molecule has 1 atom stereocenters. The third-order valence-corrected chi connectivity index (χ3v) is 2.59. The molecule has 1 unspecified atom stereocenters. The van der Waals surface area contributed by atoms with Crippen LogP contribution in [0.2, 0.25) is 0 Å². The molecule has 2 N–H and O–H groups in total. The number of halogens is 3. The average molecular weight is 305 g/mol. The number of benzene rings is 1. The summed E-state index contributed by atoms with van der Waals surface area (Å²) >= 11 is 0. The van der Waals surface area contributed by atoms with Crippen LogP contribution in [0.3, 0.4) is 0 Å². The second kappa shape index (κ2) is 7.51. The molecule has 0 radical (unpaired) electrons. The fraction of sp³-hybridized carbons (Fsp3) is 0.385. The van der Waals surface area contributed by atoms with Gasteiger partial charge in [0.05, 0.1) is 5.56 Å². The highest BCUT2D eigenvalue weighted by Crippen LogP contribution is 2.22. The van der Waals surface area contributed by atoms with Crippen LogP contribution in [0, 0.1) is 5.82 Å². The standard InChI is InChI=1S/C13H14F3NO4/c1-2-3-9(12(19)20)17-11(18)8-5-4-7(14)6-10(8)21-13(15)16/h4-6,9,13H,2-3H2,1H3,(H,17,18)(H,19,20). The summed E-state index contributed by atoms with van der Waals surface area (Å²) in [7, 11) is 0. The summed E-state index contributed by atoms with van der Waals surface area (Å²) in [6.07, 6.45) is 0.675. The minimum atomic E-state index is -3.23. The van der Waals surface area contributed by atoms with E-state index in [1.165, 1.54) is 0 Å². The van der Waals surface area contributed by atoms with E-state index in [9.17, 15) is 22.8 Å². The summed E-state index contributed by atoms with van der Waals surface area (Å²) in [4.78, 5) is 22.9. The van der Waals surface area contributed by atoms with E-state index in [-0.39, 0.29) is 12.0 Å². The third-order valence-electron chi connectivity index (χ3n) is 2.59. The molecule has 8 heteroatoms. The summed E-state index contributed by atoms with van der Waals surface area (Å²) in [5, 5.41) is 11.1. The van der Waals surface area contributed by atoms with Crippen LogP contribution in [0.5, 0.6) is 5.75 Å². The highest BCUT2D eigenvalue weighted by Gasteiger charge is 2.23. The molecule has 0 aliphatic carbocycles. The predicted molar refractivity (Wildman–Crippen MR) is 66.8 cm³/mol. The lowest BCUT2D eigenvalue weighted by atomic mass is 10.1. The molecule has 0 bridgehead atoms. The van der Waals surface area contributed by atoms with Crippen molar-refractivity contribution in [2.75, 3.05) is 0 Å². The smallest absolute Gasteiger partial charge is 0.387 e. The zero-order chi connectivity index (χ0) is 16.0. The Morgan fingerprint density at radius 3 is 2.57 bits per heavy atom. The quantitative estimate of drug-likeness (QED) is 0.811. The van der Waals surface area contributed by atoms with E-state index in [2.05, 4.69) is 10.1 Å². The monoisotopic (exact) mass is 305 g/mol. The van der Waals surface area contributed by atoms with Gasteiger partial charge in [-0.25, -0.2) is 9.18 Å². The van der Waals surface area contributed by atoms with E-state index in [1.807, 2.05) is 0 Å². The van der Waals surface area contributed by atoms with Gasteiger partial charge < -0.3 is 15.2 Å². The first-order valence-electron chi connectivity index (χ1n) is 6.13. The van der Waals surface area contributed by atoms with Crippen molar-refractivity contribution in [3.8, 4) is 5.75 Å². The molecular weight excluding hydrogens is 291 g/mol. The zero-order valence-corrected chi connectivity index (χ0v) is 11.1. The maximum Gasteiger partial charge on any atom is 0.387 e. The number of aliphatic carboxylic acids is 1. The molecule has 0 fully saturated rings. The fourth-order valence-corrected chi connectivity index (χ4v) is 1.66. The van der Waals surface area contributed by atoms with Crippen molar-refractivity contribution in [1.82, 2.24) is 5.32 Å². The van der Waals surface area contributed by atoms with Gasteiger partial charge in [-0.15, -0.1) is 0 Å². The number of alkyl halides is 2. The van der Waals surface area contributed by atoms with Gasteiger partial charge in [0.25, 0.3) is 5.91 Å². The molecule has 0 saturated heterocycles. The van der Waals surface area contributed by atoms with Crippen molar-refractivity contribution < 1.29 is 32.6 Å². The molecule has 1 aromatic carbocycles. The molecule has 116 valence electrons. The number of ether oxygens (including phenoxy) is 1. The summed E-state index contributed by atoms with van der Waals surface area (Å²) in [5.41, 5.74) is -0.362. The first-order chi connectivity index (χ1) is 9.85. The van der Waals surface area contributed by atoms with Gasteiger partial charge in [-0.05, 0) is 18.6 Å². The van der Waals surface area contributed by atoms with Gasteiger partial charge in [-0.1, -0.05) is 13.3 Å². The lowest BCUT2D eigenvalue weighted by Crippen LogP contribution is -2.40. The fourth-order valence-electron chi connectivity index (χ4n) is 1.66. The van der Waals surface area contributed by atoms with Crippen LogP contribution >= 0.6 is 0 Å². The third kappa shape index (κ3) is 4.97. The Hall–Kier alpha value is -2.25. The first kappa shape index (κ1) is 16.8. The molecule has 1 aromatic rings. The minimum Gasteiger partial charge on any atom is -0.480 e. The number of nitrogens with one attached hydrogen (secondary N) is 1. The van der Waals surface area contributed by atoms with E-state index in [1.54, 1.807) is 6.92 Å². The number of amides is 1. The number of carbonyl (C=O) groups excluding carboxylic acids is 1. The van der Waals surface area contributed by atoms with Crippen LogP contribution in [-0.2, 0) is 4.79 Å². The second-order valence-electron chi connectivity index (χ2n) is 4.17. The molecule has 0 aliphatic heterocycles. The Bertz CT molecular complexity index is 522. The van der Waals surface area contributed by atoms with E-state index < -0.39 is 36.1 Å². The largest absolute Gasteiger partial charge is 0.480 e. The number of carboxylic acids is 1. The van der Waals surface area contributed by atoms with Crippen LogP contribution in [0.15, 0.2) is 18.2 Å². The molecule has 1 rings (SSSR count). The predicted octanol–water partition coefficient (Wildman–Crippen LogP) is 2.41. The van der Waals surface area contributed by atoms with E-state index >= 15 is 0 Å². The number of carboxylic acid groups (broad SMARTS) is 1. The van der Waals surface area contributed by atoms with Crippen molar-refractivity contribution in [2.45, 2.75) is 32.4 Å². The summed E-state index contributed by atoms with van der Waals surface area (Å²) in [6, 6.07) is 1.32.